The maximum atomic E-state index is 3.73. The Labute approximate surface area is 89.7 Å². The van der Waals surface area contributed by atoms with E-state index in [1.165, 1.54) is 57.9 Å². The average molecular weight is 197 g/mol. The van der Waals surface area contributed by atoms with Crippen molar-refractivity contribution in [1.82, 2.24) is 5.32 Å². The van der Waals surface area contributed by atoms with Crippen molar-refractivity contribution in [3.8, 4) is 0 Å². The van der Waals surface area contributed by atoms with Crippen LogP contribution in [-0.4, -0.2) is 12.6 Å². The van der Waals surface area contributed by atoms with Crippen LogP contribution < -0.4 is 5.32 Å². The fourth-order valence-electron chi connectivity index (χ4n) is 2.62. The van der Waals surface area contributed by atoms with Gasteiger partial charge < -0.3 is 5.32 Å². The molecule has 0 aromatic heterocycles. The normalized spacial score (nSPS) is 27.9. The molecule has 0 spiro atoms. The fraction of sp³-hybridized carbons (Fsp3) is 1.00. The summed E-state index contributed by atoms with van der Waals surface area (Å²) in [5.41, 5.74) is 0. The molecule has 2 unspecified atom stereocenters. The SMILES string of the molecule is CCCCC1CCCCC1NCCC. The Morgan fingerprint density at radius 2 is 1.86 bits per heavy atom. The van der Waals surface area contributed by atoms with Gasteiger partial charge in [-0.25, -0.2) is 0 Å². The molecule has 0 heterocycles. The zero-order valence-corrected chi connectivity index (χ0v) is 10.0. The van der Waals surface area contributed by atoms with Gasteiger partial charge in [0.25, 0.3) is 0 Å². The number of hydrogen-bond donors (Lipinski definition) is 1. The van der Waals surface area contributed by atoms with Crippen LogP contribution in [-0.2, 0) is 0 Å². The first-order valence-corrected chi connectivity index (χ1v) is 6.61. The molecule has 0 aromatic carbocycles. The van der Waals surface area contributed by atoms with Crippen molar-refractivity contribution in [1.29, 1.82) is 0 Å². The minimum absolute atomic E-state index is 0.843. The summed E-state index contributed by atoms with van der Waals surface area (Å²) in [5.74, 6) is 0.982. The van der Waals surface area contributed by atoms with Crippen molar-refractivity contribution in [2.75, 3.05) is 6.54 Å². The highest BCUT2D eigenvalue weighted by atomic mass is 14.9. The highest BCUT2D eigenvalue weighted by Gasteiger charge is 2.23. The highest BCUT2D eigenvalue weighted by molar-refractivity contribution is 4.80. The Balaban J connectivity index is 2.26. The van der Waals surface area contributed by atoms with Crippen molar-refractivity contribution >= 4 is 0 Å². The van der Waals surface area contributed by atoms with Gasteiger partial charge >= 0.3 is 0 Å². The second kappa shape index (κ2) is 7.28. The quantitative estimate of drug-likeness (QED) is 0.684. The molecule has 1 rings (SSSR count). The summed E-state index contributed by atoms with van der Waals surface area (Å²) >= 11 is 0. The zero-order chi connectivity index (χ0) is 10.2. The Bertz CT molecular complexity index is 117. The van der Waals surface area contributed by atoms with Gasteiger partial charge in [-0.2, -0.15) is 0 Å². The molecule has 14 heavy (non-hydrogen) atoms. The molecule has 1 fully saturated rings. The van der Waals surface area contributed by atoms with E-state index in [9.17, 15) is 0 Å². The van der Waals surface area contributed by atoms with Crippen LogP contribution in [0.25, 0.3) is 0 Å². The lowest BCUT2D eigenvalue weighted by molar-refractivity contribution is 0.245. The van der Waals surface area contributed by atoms with Gasteiger partial charge in [0.1, 0.15) is 0 Å². The predicted molar refractivity (Wildman–Crippen MR) is 63.6 cm³/mol. The molecule has 1 aliphatic rings. The molecule has 0 saturated heterocycles. The van der Waals surface area contributed by atoms with Crippen LogP contribution in [0.15, 0.2) is 0 Å². The molecule has 2 atom stereocenters. The van der Waals surface area contributed by atoms with Crippen molar-refractivity contribution < 1.29 is 0 Å². The third-order valence-electron chi connectivity index (χ3n) is 3.49. The monoisotopic (exact) mass is 197 g/mol. The number of rotatable bonds is 6. The lowest BCUT2D eigenvalue weighted by Crippen LogP contribution is -2.38. The lowest BCUT2D eigenvalue weighted by atomic mass is 9.81. The van der Waals surface area contributed by atoms with E-state index < -0.39 is 0 Å². The standard InChI is InChI=1S/C13H27N/c1-3-5-8-12-9-6-7-10-13(12)14-11-4-2/h12-14H,3-11H2,1-2H3. The predicted octanol–water partition coefficient (Wildman–Crippen LogP) is 3.74. The van der Waals surface area contributed by atoms with Gasteiger partial charge in [0, 0.05) is 6.04 Å². The lowest BCUT2D eigenvalue weighted by Gasteiger charge is -2.32. The molecule has 0 bridgehead atoms. The first-order valence-electron chi connectivity index (χ1n) is 6.61. The van der Waals surface area contributed by atoms with Crippen molar-refractivity contribution in [2.24, 2.45) is 5.92 Å². The van der Waals surface area contributed by atoms with Gasteiger partial charge in [-0.15, -0.1) is 0 Å². The molecule has 1 aliphatic carbocycles. The number of nitrogens with one attached hydrogen (secondary N) is 1. The van der Waals surface area contributed by atoms with Crippen LogP contribution in [0, 0.1) is 5.92 Å². The number of hydrogen-bond acceptors (Lipinski definition) is 1. The van der Waals surface area contributed by atoms with Gasteiger partial charge in [0.2, 0.25) is 0 Å². The van der Waals surface area contributed by atoms with E-state index in [0.717, 1.165) is 12.0 Å². The fourth-order valence-corrected chi connectivity index (χ4v) is 2.62. The molecule has 0 aromatic rings. The summed E-state index contributed by atoms with van der Waals surface area (Å²) in [4.78, 5) is 0. The Morgan fingerprint density at radius 1 is 1.07 bits per heavy atom. The van der Waals surface area contributed by atoms with Crippen LogP contribution >= 0.6 is 0 Å². The third-order valence-corrected chi connectivity index (χ3v) is 3.49. The van der Waals surface area contributed by atoms with Gasteiger partial charge in [0.15, 0.2) is 0 Å². The largest absolute Gasteiger partial charge is 0.314 e. The van der Waals surface area contributed by atoms with E-state index >= 15 is 0 Å². The van der Waals surface area contributed by atoms with Crippen LogP contribution in [0.1, 0.15) is 65.2 Å². The summed E-state index contributed by atoms with van der Waals surface area (Å²) in [6.45, 7) is 5.78. The third kappa shape index (κ3) is 4.00. The molecule has 1 nitrogen and oxygen atoms in total. The van der Waals surface area contributed by atoms with Gasteiger partial charge in [-0.3, -0.25) is 0 Å². The Hall–Kier alpha value is -0.0400. The molecule has 0 amide bonds. The van der Waals surface area contributed by atoms with Crippen LogP contribution in [0.4, 0.5) is 0 Å². The summed E-state index contributed by atoms with van der Waals surface area (Å²) in [5, 5.41) is 3.73. The van der Waals surface area contributed by atoms with E-state index in [2.05, 4.69) is 19.2 Å². The molecule has 1 N–H and O–H groups in total. The summed E-state index contributed by atoms with van der Waals surface area (Å²) in [6, 6.07) is 0.843. The molecule has 1 heteroatoms. The average Bonchev–Trinajstić information content (AvgIpc) is 2.24. The molecule has 0 aliphatic heterocycles. The maximum absolute atomic E-state index is 3.73. The molecule has 84 valence electrons. The highest BCUT2D eigenvalue weighted by Crippen LogP contribution is 2.28. The van der Waals surface area contributed by atoms with E-state index in [1.807, 2.05) is 0 Å². The van der Waals surface area contributed by atoms with Crippen molar-refractivity contribution in [3.05, 3.63) is 0 Å². The van der Waals surface area contributed by atoms with Gasteiger partial charge in [0.05, 0.1) is 0 Å². The first-order chi connectivity index (χ1) is 6.88. The summed E-state index contributed by atoms with van der Waals surface area (Å²) in [7, 11) is 0. The summed E-state index contributed by atoms with van der Waals surface area (Å²) < 4.78 is 0. The van der Waals surface area contributed by atoms with E-state index in [1.54, 1.807) is 0 Å². The van der Waals surface area contributed by atoms with E-state index in [0.29, 0.717) is 0 Å². The first kappa shape index (κ1) is 12.0. The van der Waals surface area contributed by atoms with Crippen LogP contribution in [0.5, 0.6) is 0 Å². The second-order valence-corrected chi connectivity index (χ2v) is 4.75. The van der Waals surface area contributed by atoms with E-state index in [-0.39, 0.29) is 0 Å². The van der Waals surface area contributed by atoms with Crippen molar-refractivity contribution in [2.45, 2.75) is 71.3 Å². The Kier molecular flexibility index (Phi) is 6.25. The van der Waals surface area contributed by atoms with Crippen molar-refractivity contribution in [3.63, 3.8) is 0 Å². The minimum Gasteiger partial charge on any atom is -0.314 e. The van der Waals surface area contributed by atoms with Gasteiger partial charge in [-0.05, 0) is 38.1 Å². The molecular formula is C13H27N. The second-order valence-electron chi connectivity index (χ2n) is 4.75. The summed E-state index contributed by atoms with van der Waals surface area (Å²) in [6.07, 6.45) is 11.3. The number of unbranched alkanes of at least 4 members (excludes halogenated alkanes) is 1. The van der Waals surface area contributed by atoms with E-state index in [4.69, 9.17) is 0 Å². The molecule has 0 radical (unpaired) electrons. The van der Waals surface area contributed by atoms with Crippen LogP contribution in [0.3, 0.4) is 0 Å². The maximum Gasteiger partial charge on any atom is 0.00953 e. The topological polar surface area (TPSA) is 12.0 Å². The minimum atomic E-state index is 0.843. The van der Waals surface area contributed by atoms with Crippen LogP contribution in [0.2, 0.25) is 0 Å². The smallest absolute Gasteiger partial charge is 0.00953 e. The van der Waals surface area contributed by atoms with Gasteiger partial charge in [-0.1, -0.05) is 39.5 Å². The zero-order valence-electron chi connectivity index (χ0n) is 10.0. The Morgan fingerprint density at radius 3 is 2.57 bits per heavy atom. The molecular weight excluding hydrogens is 170 g/mol. The molecule has 1 saturated carbocycles.